The number of pyridine rings is 1. The number of anilines is 1. The summed E-state index contributed by atoms with van der Waals surface area (Å²) in [7, 11) is 0. The molecule has 2 aromatic carbocycles. The Kier molecular flexibility index (Phi) is 9.10. The molecule has 2 aromatic heterocycles. The highest BCUT2D eigenvalue weighted by Crippen LogP contribution is 2.26. The molecule has 2 aliphatic rings. The molecule has 0 bridgehead atoms. The van der Waals surface area contributed by atoms with Crippen molar-refractivity contribution in [2.75, 3.05) is 37.7 Å². The molecule has 2 aliphatic heterocycles. The summed E-state index contributed by atoms with van der Waals surface area (Å²) in [5.41, 5.74) is 1.88. The van der Waals surface area contributed by atoms with Gasteiger partial charge in [-0.05, 0) is 52.4 Å². The molecule has 4 heterocycles. The standard InChI is InChI=1S/C31H31F3N6O6/c32-31(33,34)46-25-7-3-23(4-8-25)20-43-24-5-1-22(2-6-24)18-37-13-15-38(16-14-37)28-10-9-26(17-35-28)44-21-27-11-12-39-19-29(40(41)42)36-30(39)45-27/h1-10,17,19,27H,11-16,18,20-21H2/t27-/m0/s1. The third-order valence-electron chi connectivity index (χ3n) is 7.62. The molecule has 6 rings (SSSR count). The minimum absolute atomic E-state index is 0.227. The number of hydrogen-bond acceptors (Lipinski definition) is 10. The number of benzene rings is 2. The largest absolute Gasteiger partial charge is 0.573 e. The fraction of sp³-hybridized carbons (Fsp3) is 0.355. The third-order valence-corrected chi connectivity index (χ3v) is 7.62. The zero-order chi connectivity index (χ0) is 32.1. The van der Waals surface area contributed by atoms with Crippen molar-refractivity contribution in [1.29, 1.82) is 0 Å². The maximum atomic E-state index is 12.3. The molecule has 0 amide bonds. The summed E-state index contributed by atoms with van der Waals surface area (Å²) in [5.74, 6) is 1.67. The van der Waals surface area contributed by atoms with Crippen molar-refractivity contribution in [2.24, 2.45) is 0 Å². The van der Waals surface area contributed by atoms with Crippen LogP contribution in [0.1, 0.15) is 17.5 Å². The fourth-order valence-electron chi connectivity index (χ4n) is 5.21. The van der Waals surface area contributed by atoms with E-state index in [4.69, 9.17) is 14.2 Å². The van der Waals surface area contributed by atoms with Crippen molar-refractivity contribution < 1.29 is 37.0 Å². The highest BCUT2D eigenvalue weighted by atomic mass is 19.4. The lowest BCUT2D eigenvalue weighted by Crippen LogP contribution is -2.46. The summed E-state index contributed by atoms with van der Waals surface area (Å²) < 4.78 is 59.9. The predicted octanol–water partition coefficient (Wildman–Crippen LogP) is 5.22. The van der Waals surface area contributed by atoms with Gasteiger partial charge in [-0.3, -0.25) is 9.47 Å². The number of rotatable bonds is 11. The van der Waals surface area contributed by atoms with Gasteiger partial charge in [-0.1, -0.05) is 24.3 Å². The van der Waals surface area contributed by atoms with Gasteiger partial charge in [-0.2, -0.15) is 0 Å². The molecule has 0 saturated carbocycles. The number of ether oxygens (including phenoxy) is 4. The Morgan fingerprint density at radius 3 is 2.26 bits per heavy atom. The zero-order valence-electron chi connectivity index (χ0n) is 24.6. The summed E-state index contributed by atoms with van der Waals surface area (Å²) in [5, 5.41) is 10.9. The Morgan fingerprint density at radius 1 is 0.891 bits per heavy atom. The van der Waals surface area contributed by atoms with Crippen molar-refractivity contribution in [3.8, 4) is 23.3 Å². The number of nitro groups is 1. The average molecular weight is 641 g/mol. The van der Waals surface area contributed by atoms with Crippen LogP contribution in [0.2, 0.25) is 0 Å². The van der Waals surface area contributed by atoms with Crippen molar-refractivity contribution in [1.82, 2.24) is 19.4 Å². The first kappa shape index (κ1) is 31.0. The first-order valence-corrected chi connectivity index (χ1v) is 14.7. The van der Waals surface area contributed by atoms with Crippen LogP contribution in [0.3, 0.4) is 0 Å². The van der Waals surface area contributed by atoms with Crippen molar-refractivity contribution in [2.45, 2.75) is 38.6 Å². The van der Waals surface area contributed by atoms with Gasteiger partial charge in [0.25, 0.3) is 0 Å². The Balaban J connectivity index is 0.906. The van der Waals surface area contributed by atoms with Crippen LogP contribution in [0.15, 0.2) is 73.1 Å². The van der Waals surface area contributed by atoms with E-state index in [2.05, 4.69) is 24.5 Å². The number of alkyl halides is 3. The van der Waals surface area contributed by atoms with Gasteiger partial charge in [0, 0.05) is 50.7 Å². The second-order valence-electron chi connectivity index (χ2n) is 10.9. The van der Waals surface area contributed by atoms with E-state index in [1.165, 1.54) is 30.5 Å². The number of halogens is 3. The van der Waals surface area contributed by atoms with Gasteiger partial charge in [0.15, 0.2) is 0 Å². The van der Waals surface area contributed by atoms with E-state index >= 15 is 0 Å². The topological polar surface area (TPSA) is 117 Å². The second kappa shape index (κ2) is 13.5. The highest BCUT2D eigenvalue weighted by Gasteiger charge is 2.31. The Bertz CT molecular complexity index is 1610. The smallest absolute Gasteiger partial charge is 0.489 e. The molecule has 0 radical (unpaired) electrons. The van der Waals surface area contributed by atoms with E-state index in [1.54, 1.807) is 10.8 Å². The number of piperazine rings is 1. The van der Waals surface area contributed by atoms with Gasteiger partial charge in [-0.25, -0.2) is 4.98 Å². The van der Waals surface area contributed by atoms with Crippen LogP contribution in [-0.2, 0) is 19.7 Å². The molecule has 4 aromatic rings. The summed E-state index contributed by atoms with van der Waals surface area (Å²) in [4.78, 5) is 23.5. The van der Waals surface area contributed by atoms with Crippen molar-refractivity contribution >= 4 is 11.6 Å². The maximum absolute atomic E-state index is 12.3. The quantitative estimate of drug-likeness (QED) is 0.160. The van der Waals surface area contributed by atoms with Crippen LogP contribution in [0.5, 0.6) is 23.3 Å². The summed E-state index contributed by atoms with van der Waals surface area (Å²) in [6.45, 7) is 5.28. The molecular formula is C31H31F3N6O6. The van der Waals surface area contributed by atoms with Gasteiger partial charge in [0.05, 0.1) is 6.20 Å². The fourth-order valence-corrected chi connectivity index (χ4v) is 5.21. The van der Waals surface area contributed by atoms with E-state index < -0.39 is 11.3 Å². The highest BCUT2D eigenvalue weighted by molar-refractivity contribution is 5.41. The monoisotopic (exact) mass is 640 g/mol. The normalized spacial score (nSPS) is 16.8. The number of imidazole rings is 1. The van der Waals surface area contributed by atoms with Gasteiger partial charge < -0.3 is 34.0 Å². The molecule has 242 valence electrons. The van der Waals surface area contributed by atoms with Gasteiger partial charge >= 0.3 is 18.2 Å². The van der Waals surface area contributed by atoms with Crippen LogP contribution < -0.4 is 23.8 Å². The molecule has 1 atom stereocenters. The molecule has 12 nitrogen and oxygen atoms in total. The van der Waals surface area contributed by atoms with Crippen molar-refractivity contribution in [3.05, 3.63) is 94.3 Å². The summed E-state index contributed by atoms with van der Waals surface area (Å²) >= 11 is 0. The lowest BCUT2D eigenvalue weighted by atomic mass is 10.2. The van der Waals surface area contributed by atoms with Gasteiger partial charge in [0.2, 0.25) is 0 Å². The van der Waals surface area contributed by atoms with Gasteiger partial charge in [0.1, 0.15) is 48.6 Å². The lowest BCUT2D eigenvalue weighted by molar-refractivity contribution is -0.389. The van der Waals surface area contributed by atoms with Crippen molar-refractivity contribution in [3.63, 3.8) is 0 Å². The molecule has 15 heteroatoms. The number of aromatic nitrogens is 3. The zero-order valence-corrected chi connectivity index (χ0v) is 24.6. The molecule has 0 N–H and O–H groups in total. The second-order valence-corrected chi connectivity index (χ2v) is 10.9. The Hall–Kier alpha value is -5.05. The van der Waals surface area contributed by atoms with Crippen LogP contribution >= 0.6 is 0 Å². The van der Waals surface area contributed by atoms with E-state index in [-0.39, 0.29) is 36.9 Å². The van der Waals surface area contributed by atoms with E-state index in [0.717, 1.165) is 49.7 Å². The van der Waals surface area contributed by atoms with Crippen LogP contribution in [0.25, 0.3) is 0 Å². The van der Waals surface area contributed by atoms with Crippen LogP contribution in [0, 0.1) is 10.1 Å². The average Bonchev–Trinajstić information content (AvgIpc) is 3.48. The summed E-state index contributed by atoms with van der Waals surface area (Å²) in [6.07, 6.45) is -1.26. The van der Waals surface area contributed by atoms with E-state index in [0.29, 0.717) is 24.5 Å². The van der Waals surface area contributed by atoms with Crippen LogP contribution in [-0.4, -0.2) is 69.6 Å². The molecule has 0 aliphatic carbocycles. The molecule has 1 saturated heterocycles. The minimum atomic E-state index is -4.72. The predicted molar refractivity (Wildman–Crippen MR) is 159 cm³/mol. The Morgan fingerprint density at radius 2 is 1.59 bits per heavy atom. The maximum Gasteiger partial charge on any atom is 0.573 e. The van der Waals surface area contributed by atoms with E-state index in [1.807, 2.05) is 36.4 Å². The van der Waals surface area contributed by atoms with Crippen LogP contribution in [0.4, 0.5) is 24.8 Å². The minimum Gasteiger partial charge on any atom is -0.489 e. The molecular weight excluding hydrogens is 609 g/mol. The molecule has 0 unspecified atom stereocenters. The Labute approximate surface area is 262 Å². The number of aryl methyl sites for hydroxylation is 1. The van der Waals surface area contributed by atoms with Gasteiger partial charge in [-0.15, -0.1) is 13.2 Å². The lowest BCUT2D eigenvalue weighted by Gasteiger charge is -2.35. The number of hydrogen-bond donors (Lipinski definition) is 0. The van der Waals surface area contributed by atoms with E-state index in [9.17, 15) is 23.3 Å². The first-order valence-electron chi connectivity index (χ1n) is 14.7. The molecule has 0 spiro atoms. The number of fused-ring (bicyclic) bond motifs is 1. The molecule has 1 fully saturated rings. The first-order chi connectivity index (χ1) is 22.2. The summed E-state index contributed by atoms with van der Waals surface area (Å²) in [6, 6.07) is 17.5. The third kappa shape index (κ3) is 8.15. The SMILES string of the molecule is O=[N+]([O-])c1cn2c(n1)O[C@H](COc1ccc(N3CCN(Cc4ccc(OCc5ccc(OC(F)(F)F)cc5)cc4)CC3)nc1)CC2. The number of nitrogens with zero attached hydrogens (tertiary/aromatic N) is 6. The molecule has 46 heavy (non-hydrogen) atoms.